The van der Waals surface area contributed by atoms with Gasteiger partial charge in [0.2, 0.25) is 0 Å². The standard InChI is InChI=1S/C15H26O2/c1-11(2)8-15(17)9-12(3)14-6-4-13(10-16)5-7-14/h10-14H,4-9H2,1-3H3/t12-,13?,14?/m1/s1. The van der Waals surface area contributed by atoms with Gasteiger partial charge in [-0.15, -0.1) is 0 Å². The van der Waals surface area contributed by atoms with Crippen molar-refractivity contribution in [3.8, 4) is 0 Å². The van der Waals surface area contributed by atoms with Crippen molar-refractivity contribution in [1.82, 2.24) is 0 Å². The van der Waals surface area contributed by atoms with Gasteiger partial charge in [-0.3, -0.25) is 4.79 Å². The summed E-state index contributed by atoms with van der Waals surface area (Å²) in [6.07, 6.45) is 6.85. The van der Waals surface area contributed by atoms with Crippen molar-refractivity contribution < 1.29 is 9.59 Å². The number of carbonyl (C=O) groups is 2. The van der Waals surface area contributed by atoms with Crippen LogP contribution in [0.1, 0.15) is 59.3 Å². The van der Waals surface area contributed by atoms with Crippen LogP contribution in [-0.4, -0.2) is 12.1 Å². The van der Waals surface area contributed by atoms with E-state index in [4.69, 9.17) is 0 Å². The van der Waals surface area contributed by atoms with Crippen LogP contribution >= 0.6 is 0 Å². The molecule has 0 aliphatic heterocycles. The number of carbonyl (C=O) groups excluding carboxylic acids is 2. The zero-order valence-corrected chi connectivity index (χ0v) is 11.4. The molecule has 0 spiro atoms. The Morgan fingerprint density at radius 3 is 2.18 bits per heavy atom. The number of ketones is 1. The summed E-state index contributed by atoms with van der Waals surface area (Å²) in [5.41, 5.74) is 0. The lowest BCUT2D eigenvalue weighted by atomic mass is 9.75. The molecule has 0 N–H and O–H groups in total. The van der Waals surface area contributed by atoms with Crippen molar-refractivity contribution in [2.75, 3.05) is 0 Å². The topological polar surface area (TPSA) is 34.1 Å². The summed E-state index contributed by atoms with van der Waals surface area (Å²) in [5.74, 6) is 2.31. The predicted octanol–water partition coefficient (Wildman–Crippen LogP) is 3.63. The van der Waals surface area contributed by atoms with Gasteiger partial charge in [0.25, 0.3) is 0 Å². The first kappa shape index (κ1) is 14.4. The third-order valence-electron chi connectivity index (χ3n) is 4.00. The normalized spacial score (nSPS) is 26.8. The number of hydrogen-bond acceptors (Lipinski definition) is 2. The van der Waals surface area contributed by atoms with Crippen LogP contribution in [0.3, 0.4) is 0 Å². The number of rotatable bonds is 6. The van der Waals surface area contributed by atoms with Gasteiger partial charge in [-0.25, -0.2) is 0 Å². The molecule has 98 valence electrons. The SMILES string of the molecule is CC(C)CC(=O)C[C@@H](C)C1CCC(C=O)CC1. The van der Waals surface area contributed by atoms with Gasteiger partial charge in [0.05, 0.1) is 0 Å². The second kappa shape index (κ2) is 6.93. The van der Waals surface area contributed by atoms with E-state index in [9.17, 15) is 9.59 Å². The highest BCUT2D eigenvalue weighted by molar-refractivity contribution is 5.78. The van der Waals surface area contributed by atoms with E-state index in [0.717, 1.165) is 38.4 Å². The molecule has 17 heavy (non-hydrogen) atoms. The molecule has 1 saturated carbocycles. The largest absolute Gasteiger partial charge is 0.303 e. The average molecular weight is 238 g/mol. The molecule has 0 amide bonds. The van der Waals surface area contributed by atoms with Crippen molar-refractivity contribution in [3.05, 3.63) is 0 Å². The lowest BCUT2D eigenvalue weighted by Crippen LogP contribution is -2.22. The van der Waals surface area contributed by atoms with Crippen molar-refractivity contribution in [3.63, 3.8) is 0 Å². The first-order valence-electron chi connectivity index (χ1n) is 7.00. The Morgan fingerprint density at radius 1 is 1.12 bits per heavy atom. The summed E-state index contributed by atoms with van der Waals surface area (Å²) in [4.78, 5) is 22.5. The molecule has 0 radical (unpaired) electrons. The number of Topliss-reactive ketones (excluding diaryl/α,β-unsaturated/α-hetero) is 1. The van der Waals surface area contributed by atoms with Crippen LogP contribution in [0, 0.1) is 23.7 Å². The highest BCUT2D eigenvalue weighted by Crippen LogP contribution is 2.34. The van der Waals surface area contributed by atoms with Gasteiger partial charge < -0.3 is 4.79 Å². The minimum atomic E-state index is 0.282. The van der Waals surface area contributed by atoms with Crippen LogP contribution in [0.2, 0.25) is 0 Å². The summed E-state index contributed by atoms with van der Waals surface area (Å²) in [6, 6.07) is 0. The highest BCUT2D eigenvalue weighted by Gasteiger charge is 2.26. The molecule has 0 aromatic heterocycles. The van der Waals surface area contributed by atoms with E-state index < -0.39 is 0 Å². The molecule has 1 rings (SSSR count). The molecule has 0 unspecified atom stereocenters. The van der Waals surface area contributed by atoms with E-state index in [1.807, 2.05) is 0 Å². The molecule has 0 saturated heterocycles. The van der Waals surface area contributed by atoms with E-state index in [2.05, 4.69) is 20.8 Å². The van der Waals surface area contributed by atoms with E-state index in [-0.39, 0.29) is 5.92 Å². The van der Waals surface area contributed by atoms with E-state index in [1.54, 1.807) is 0 Å². The molecular weight excluding hydrogens is 212 g/mol. The average Bonchev–Trinajstić information content (AvgIpc) is 2.28. The van der Waals surface area contributed by atoms with Crippen molar-refractivity contribution in [2.45, 2.75) is 59.3 Å². The van der Waals surface area contributed by atoms with Gasteiger partial charge in [-0.05, 0) is 43.4 Å². The Bertz CT molecular complexity index is 250. The van der Waals surface area contributed by atoms with Gasteiger partial charge in [0.15, 0.2) is 0 Å². The monoisotopic (exact) mass is 238 g/mol. The lowest BCUT2D eigenvalue weighted by molar-refractivity contribution is -0.121. The molecule has 1 aliphatic carbocycles. The Balaban J connectivity index is 2.31. The van der Waals surface area contributed by atoms with Gasteiger partial charge in [0.1, 0.15) is 12.1 Å². The first-order chi connectivity index (χ1) is 8.02. The minimum Gasteiger partial charge on any atom is -0.303 e. The molecular formula is C15H26O2. The fraction of sp³-hybridized carbons (Fsp3) is 0.867. The van der Waals surface area contributed by atoms with Gasteiger partial charge in [-0.1, -0.05) is 20.8 Å². The van der Waals surface area contributed by atoms with E-state index >= 15 is 0 Å². The molecule has 2 nitrogen and oxygen atoms in total. The van der Waals surface area contributed by atoms with Gasteiger partial charge >= 0.3 is 0 Å². The Morgan fingerprint density at radius 2 is 1.71 bits per heavy atom. The van der Waals surface area contributed by atoms with Gasteiger partial charge in [-0.2, -0.15) is 0 Å². The summed E-state index contributed by atoms with van der Waals surface area (Å²) in [6.45, 7) is 6.39. The second-order valence-corrected chi connectivity index (χ2v) is 6.13. The third kappa shape index (κ3) is 5.01. The molecule has 1 fully saturated rings. The quantitative estimate of drug-likeness (QED) is 0.662. The highest BCUT2D eigenvalue weighted by atomic mass is 16.1. The minimum absolute atomic E-state index is 0.282. The third-order valence-corrected chi connectivity index (χ3v) is 4.00. The van der Waals surface area contributed by atoms with Crippen LogP contribution in [0.4, 0.5) is 0 Å². The Kier molecular flexibility index (Phi) is 5.87. The first-order valence-corrected chi connectivity index (χ1v) is 7.00. The van der Waals surface area contributed by atoms with Crippen LogP contribution in [0.5, 0.6) is 0 Å². The van der Waals surface area contributed by atoms with Crippen LogP contribution in [0.25, 0.3) is 0 Å². The maximum Gasteiger partial charge on any atom is 0.133 e. The van der Waals surface area contributed by atoms with Crippen LogP contribution < -0.4 is 0 Å². The fourth-order valence-corrected chi connectivity index (χ4v) is 2.91. The molecule has 2 heteroatoms. The molecule has 0 bridgehead atoms. The summed E-state index contributed by atoms with van der Waals surface area (Å²) in [5, 5.41) is 0. The molecule has 0 heterocycles. The Hall–Kier alpha value is -0.660. The zero-order valence-electron chi connectivity index (χ0n) is 11.4. The molecule has 0 aromatic rings. The maximum absolute atomic E-state index is 11.8. The Labute approximate surface area is 105 Å². The van der Waals surface area contributed by atoms with E-state index in [0.29, 0.717) is 30.0 Å². The summed E-state index contributed by atoms with van der Waals surface area (Å²) in [7, 11) is 0. The van der Waals surface area contributed by atoms with Gasteiger partial charge in [0, 0.05) is 18.8 Å². The predicted molar refractivity (Wildman–Crippen MR) is 69.8 cm³/mol. The van der Waals surface area contributed by atoms with Crippen LogP contribution in [-0.2, 0) is 9.59 Å². The number of aldehydes is 1. The lowest BCUT2D eigenvalue weighted by Gasteiger charge is -2.30. The zero-order chi connectivity index (χ0) is 12.8. The molecule has 1 aliphatic rings. The smallest absolute Gasteiger partial charge is 0.133 e. The van der Waals surface area contributed by atoms with Crippen LogP contribution in [0.15, 0.2) is 0 Å². The second-order valence-electron chi connectivity index (χ2n) is 6.13. The molecule has 1 atom stereocenters. The maximum atomic E-state index is 11.8. The van der Waals surface area contributed by atoms with Crippen molar-refractivity contribution >= 4 is 12.1 Å². The summed E-state index contributed by atoms with van der Waals surface area (Å²) >= 11 is 0. The fourth-order valence-electron chi connectivity index (χ4n) is 2.91. The van der Waals surface area contributed by atoms with Crippen molar-refractivity contribution in [1.29, 1.82) is 0 Å². The number of hydrogen-bond donors (Lipinski definition) is 0. The molecule has 0 aromatic carbocycles. The van der Waals surface area contributed by atoms with E-state index in [1.165, 1.54) is 0 Å². The summed E-state index contributed by atoms with van der Waals surface area (Å²) < 4.78 is 0. The van der Waals surface area contributed by atoms with Crippen molar-refractivity contribution in [2.24, 2.45) is 23.7 Å².